The fourth-order valence-electron chi connectivity index (χ4n) is 2.81. The maximum Gasteiger partial charge on any atom is 0.0279 e. The Balaban J connectivity index is 2.67. The molecule has 108 valence electrons. The molecule has 0 saturated heterocycles. The van der Waals surface area contributed by atoms with E-state index in [1.54, 1.807) is 0 Å². The topological polar surface area (TPSA) is 38.0 Å². The number of hydrogen-bond acceptors (Lipinski definition) is 2. The van der Waals surface area contributed by atoms with Gasteiger partial charge < -0.3 is 0 Å². The molecule has 1 rings (SSSR count). The van der Waals surface area contributed by atoms with Gasteiger partial charge in [-0.3, -0.25) is 11.3 Å². The fraction of sp³-hybridized carbons (Fsp3) is 0.647. The van der Waals surface area contributed by atoms with Gasteiger partial charge >= 0.3 is 0 Å². The van der Waals surface area contributed by atoms with Crippen molar-refractivity contribution < 1.29 is 0 Å². The van der Waals surface area contributed by atoms with Gasteiger partial charge in [0.1, 0.15) is 0 Å². The lowest BCUT2D eigenvalue weighted by molar-refractivity contribution is 0.311. The zero-order valence-corrected chi connectivity index (χ0v) is 12.8. The summed E-state index contributed by atoms with van der Waals surface area (Å²) in [4.78, 5) is 0. The third-order valence-corrected chi connectivity index (χ3v) is 3.99. The Morgan fingerprint density at radius 1 is 0.947 bits per heavy atom. The molecular formula is C17H30N2. The molecule has 19 heavy (non-hydrogen) atoms. The van der Waals surface area contributed by atoms with Gasteiger partial charge in [0.15, 0.2) is 0 Å². The molecule has 0 spiro atoms. The van der Waals surface area contributed by atoms with Crippen molar-refractivity contribution >= 4 is 0 Å². The maximum atomic E-state index is 5.79. The zero-order valence-electron chi connectivity index (χ0n) is 12.8. The molecule has 0 aromatic heterocycles. The van der Waals surface area contributed by atoms with Crippen molar-refractivity contribution in [3.05, 3.63) is 35.4 Å². The summed E-state index contributed by atoms with van der Waals surface area (Å²) >= 11 is 0. The quantitative estimate of drug-likeness (QED) is 0.524. The van der Waals surface area contributed by atoms with E-state index >= 15 is 0 Å². The van der Waals surface area contributed by atoms with Crippen LogP contribution in [0.2, 0.25) is 0 Å². The van der Waals surface area contributed by atoms with Crippen LogP contribution in [-0.4, -0.2) is 6.04 Å². The van der Waals surface area contributed by atoms with Gasteiger partial charge in [-0.05, 0) is 42.7 Å². The van der Waals surface area contributed by atoms with Gasteiger partial charge in [0, 0.05) is 6.04 Å². The minimum Gasteiger partial charge on any atom is -0.271 e. The van der Waals surface area contributed by atoms with Crippen molar-refractivity contribution in [2.75, 3.05) is 0 Å². The Hall–Kier alpha value is -0.860. The lowest BCUT2D eigenvalue weighted by atomic mass is 9.87. The van der Waals surface area contributed by atoms with Crippen LogP contribution in [0.3, 0.4) is 0 Å². The first-order valence-corrected chi connectivity index (χ1v) is 7.79. The van der Waals surface area contributed by atoms with Crippen LogP contribution >= 0.6 is 0 Å². The SMILES string of the molecule is CCCC(CCC)C(Cc1ccc(CC)cc1)NN. The molecule has 0 bridgehead atoms. The molecular weight excluding hydrogens is 232 g/mol. The van der Waals surface area contributed by atoms with Crippen LogP contribution in [0.4, 0.5) is 0 Å². The van der Waals surface area contributed by atoms with E-state index in [4.69, 9.17) is 5.84 Å². The summed E-state index contributed by atoms with van der Waals surface area (Å²) in [6.07, 6.45) is 7.12. The smallest absolute Gasteiger partial charge is 0.0279 e. The minimum atomic E-state index is 0.396. The van der Waals surface area contributed by atoms with Crippen LogP contribution in [0.15, 0.2) is 24.3 Å². The first kappa shape index (κ1) is 16.2. The van der Waals surface area contributed by atoms with Gasteiger partial charge in [0.05, 0.1) is 0 Å². The summed E-state index contributed by atoms with van der Waals surface area (Å²) in [5.74, 6) is 6.47. The Bertz CT molecular complexity index is 326. The average Bonchev–Trinajstić information content (AvgIpc) is 2.45. The van der Waals surface area contributed by atoms with Crippen LogP contribution < -0.4 is 11.3 Å². The molecule has 1 atom stereocenters. The van der Waals surface area contributed by atoms with E-state index in [0.717, 1.165) is 12.8 Å². The van der Waals surface area contributed by atoms with Crippen molar-refractivity contribution in [3.63, 3.8) is 0 Å². The standard InChI is InChI=1S/C17H30N2/c1-4-7-16(8-5-2)17(19-18)13-15-11-9-14(6-3)10-12-15/h9-12,16-17,19H,4-8,13,18H2,1-3H3. The van der Waals surface area contributed by atoms with E-state index in [1.165, 1.54) is 36.8 Å². The van der Waals surface area contributed by atoms with E-state index in [-0.39, 0.29) is 0 Å². The second-order valence-electron chi connectivity index (χ2n) is 5.48. The van der Waals surface area contributed by atoms with Crippen molar-refractivity contribution in [3.8, 4) is 0 Å². The molecule has 2 heteroatoms. The summed E-state index contributed by atoms with van der Waals surface area (Å²) in [5, 5.41) is 0. The molecule has 0 heterocycles. The molecule has 0 aliphatic rings. The van der Waals surface area contributed by atoms with Gasteiger partial charge in [-0.2, -0.15) is 0 Å². The highest BCUT2D eigenvalue weighted by atomic mass is 15.2. The molecule has 1 aromatic carbocycles. The van der Waals surface area contributed by atoms with Crippen LogP contribution in [-0.2, 0) is 12.8 Å². The lowest BCUT2D eigenvalue weighted by Crippen LogP contribution is -2.42. The van der Waals surface area contributed by atoms with Gasteiger partial charge in [0.25, 0.3) is 0 Å². The molecule has 0 saturated carbocycles. The molecule has 1 unspecified atom stereocenters. The zero-order chi connectivity index (χ0) is 14.1. The highest BCUT2D eigenvalue weighted by molar-refractivity contribution is 5.23. The number of benzene rings is 1. The lowest BCUT2D eigenvalue weighted by Gasteiger charge is -2.26. The van der Waals surface area contributed by atoms with Crippen LogP contribution in [0.25, 0.3) is 0 Å². The van der Waals surface area contributed by atoms with E-state index in [2.05, 4.69) is 50.5 Å². The molecule has 1 aromatic rings. The summed E-state index contributed by atoms with van der Waals surface area (Å²) in [5.41, 5.74) is 5.84. The normalized spacial score (nSPS) is 12.9. The summed E-state index contributed by atoms with van der Waals surface area (Å²) < 4.78 is 0. The molecule has 0 aliphatic heterocycles. The van der Waals surface area contributed by atoms with Gasteiger partial charge in [-0.25, -0.2) is 0 Å². The van der Waals surface area contributed by atoms with Crippen LogP contribution in [0.5, 0.6) is 0 Å². The van der Waals surface area contributed by atoms with Gasteiger partial charge in [-0.15, -0.1) is 0 Å². The number of rotatable bonds is 9. The Labute approximate surface area is 118 Å². The molecule has 3 N–H and O–H groups in total. The first-order valence-electron chi connectivity index (χ1n) is 7.79. The monoisotopic (exact) mass is 262 g/mol. The van der Waals surface area contributed by atoms with Crippen molar-refractivity contribution in [2.24, 2.45) is 11.8 Å². The Morgan fingerprint density at radius 2 is 1.47 bits per heavy atom. The van der Waals surface area contributed by atoms with Crippen LogP contribution in [0, 0.1) is 5.92 Å². The fourth-order valence-corrected chi connectivity index (χ4v) is 2.81. The predicted octanol–water partition coefficient (Wildman–Crippen LogP) is 3.84. The summed E-state index contributed by atoms with van der Waals surface area (Å²) in [6, 6.07) is 9.36. The predicted molar refractivity (Wildman–Crippen MR) is 83.9 cm³/mol. The van der Waals surface area contributed by atoms with Crippen molar-refractivity contribution in [1.82, 2.24) is 5.43 Å². The third-order valence-electron chi connectivity index (χ3n) is 3.99. The number of nitrogens with one attached hydrogen (secondary N) is 1. The van der Waals surface area contributed by atoms with E-state index in [0.29, 0.717) is 12.0 Å². The third kappa shape index (κ3) is 5.33. The van der Waals surface area contributed by atoms with Crippen molar-refractivity contribution in [2.45, 2.75) is 65.3 Å². The van der Waals surface area contributed by atoms with Gasteiger partial charge in [0.2, 0.25) is 0 Å². The first-order chi connectivity index (χ1) is 9.24. The number of hydrazine groups is 1. The average molecular weight is 262 g/mol. The molecule has 0 amide bonds. The number of aryl methyl sites for hydroxylation is 1. The van der Waals surface area contributed by atoms with E-state index in [9.17, 15) is 0 Å². The molecule has 0 fully saturated rings. The molecule has 0 aliphatic carbocycles. The number of hydrogen-bond donors (Lipinski definition) is 2. The molecule has 0 radical (unpaired) electrons. The summed E-state index contributed by atoms with van der Waals surface area (Å²) in [6.45, 7) is 6.70. The highest BCUT2D eigenvalue weighted by Crippen LogP contribution is 2.21. The largest absolute Gasteiger partial charge is 0.271 e. The minimum absolute atomic E-state index is 0.396. The Kier molecular flexibility index (Phi) is 7.76. The number of nitrogens with two attached hydrogens (primary N) is 1. The summed E-state index contributed by atoms with van der Waals surface area (Å²) in [7, 11) is 0. The van der Waals surface area contributed by atoms with Crippen molar-refractivity contribution in [1.29, 1.82) is 0 Å². The van der Waals surface area contributed by atoms with E-state index in [1.807, 2.05) is 0 Å². The Morgan fingerprint density at radius 3 is 1.89 bits per heavy atom. The van der Waals surface area contributed by atoms with Crippen LogP contribution in [0.1, 0.15) is 57.6 Å². The van der Waals surface area contributed by atoms with Gasteiger partial charge in [-0.1, -0.05) is 57.9 Å². The second kappa shape index (κ2) is 9.11. The van der Waals surface area contributed by atoms with E-state index < -0.39 is 0 Å². The second-order valence-corrected chi connectivity index (χ2v) is 5.48. The molecule has 2 nitrogen and oxygen atoms in total. The maximum absolute atomic E-state index is 5.79. The highest BCUT2D eigenvalue weighted by Gasteiger charge is 2.19.